The molecule has 0 fully saturated rings. The minimum atomic E-state index is -0.726. The lowest BCUT2D eigenvalue weighted by atomic mass is 10.2. The van der Waals surface area contributed by atoms with Crippen LogP contribution in [0, 0.1) is 0 Å². The van der Waals surface area contributed by atoms with Crippen LogP contribution in [0.5, 0.6) is 0 Å². The van der Waals surface area contributed by atoms with Crippen LogP contribution in [0.15, 0.2) is 33.9 Å². The number of hydrogen-bond donors (Lipinski definition) is 3. The average molecular weight is 277 g/mol. The number of aliphatic hydroxyl groups is 1. The molecule has 0 amide bonds. The number of nitrogens with zero attached hydrogens (tertiary/aromatic N) is 1. The number of aromatic amines is 1. The first kappa shape index (κ1) is 14.5. The number of hydrogen-bond acceptors (Lipinski definition) is 4. The Morgan fingerprint density at radius 3 is 2.70 bits per heavy atom. The standard InChI is InChI=1S/C14H19N3O3/c1-2-7-15-8-10(18)9-17-14(20)12-6-4-3-5-11(12)13(19)16-17/h3-6,10,15,18H,2,7-9H2,1H3,(H,16,19). The Bertz CT molecular complexity index is 690. The van der Waals surface area contributed by atoms with Crippen LogP contribution >= 0.6 is 0 Å². The molecule has 20 heavy (non-hydrogen) atoms. The van der Waals surface area contributed by atoms with Crippen molar-refractivity contribution in [2.24, 2.45) is 0 Å². The molecule has 2 rings (SSSR count). The molecule has 0 spiro atoms. The second-order valence-corrected chi connectivity index (χ2v) is 4.76. The Balaban J connectivity index is 2.25. The fourth-order valence-electron chi connectivity index (χ4n) is 2.10. The quantitative estimate of drug-likeness (QED) is 0.651. The summed E-state index contributed by atoms with van der Waals surface area (Å²) in [5, 5.41) is 16.2. The van der Waals surface area contributed by atoms with Gasteiger partial charge in [0, 0.05) is 6.54 Å². The monoisotopic (exact) mass is 277 g/mol. The molecule has 0 aliphatic rings. The molecule has 108 valence electrons. The first-order chi connectivity index (χ1) is 9.63. The highest BCUT2D eigenvalue weighted by Gasteiger charge is 2.10. The van der Waals surface area contributed by atoms with Crippen molar-refractivity contribution in [1.82, 2.24) is 15.1 Å². The molecule has 3 N–H and O–H groups in total. The second kappa shape index (κ2) is 6.49. The van der Waals surface area contributed by atoms with Crippen molar-refractivity contribution in [3.05, 3.63) is 45.0 Å². The van der Waals surface area contributed by atoms with Gasteiger partial charge in [-0.1, -0.05) is 19.1 Å². The topological polar surface area (TPSA) is 87.1 Å². The van der Waals surface area contributed by atoms with Gasteiger partial charge in [0.25, 0.3) is 11.1 Å². The molecule has 2 aromatic rings. The molecule has 6 nitrogen and oxygen atoms in total. The summed E-state index contributed by atoms with van der Waals surface area (Å²) in [4.78, 5) is 24.1. The van der Waals surface area contributed by atoms with Gasteiger partial charge in [-0.05, 0) is 25.1 Å². The van der Waals surface area contributed by atoms with Crippen molar-refractivity contribution in [3.8, 4) is 0 Å². The largest absolute Gasteiger partial charge is 0.390 e. The molecule has 0 saturated carbocycles. The van der Waals surface area contributed by atoms with E-state index < -0.39 is 6.10 Å². The summed E-state index contributed by atoms with van der Waals surface area (Å²) >= 11 is 0. The lowest BCUT2D eigenvalue weighted by molar-refractivity contribution is 0.145. The van der Waals surface area contributed by atoms with E-state index >= 15 is 0 Å². The van der Waals surface area contributed by atoms with E-state index in [4.69, 9.17) is 0 Å². The Morgan fingerprint density at radius 2 is 2.00 bits per heavy atom. The molecule has 0 aliphatic heterocycles. The first-order valence-corrected chi connectivity index (χ1v) is 6.74. The summed E-state index contributed by atoms with van der Waals surface area (Å²) in [6.07, 6.45) is 0.246. The normalized spacial score (nSPS) is 12.7. The van der Waals surface area contributed by atoms with Crippen molar-refractivity contribution in [1.29, 1.82) is 0 Å². The number of aliphatic hydroxyl groups excluding tert-OH is 1. The zero-order chi connectivity index (χ0) is 14.5. The minimum Gasteiger partial charge on any atom is -0.390 e. The van der Waals surface area contributed by atoms with Crippen LogP contribution in [0.1, 0.15) is 13.3 Å². The van der Waals surface area contributed by atoms with Gasteiger partial charge >= 0.3 is 0 Å². The summed E-state index contributed by atoms with van der Waals surface area (Å²) in [5.41, 5.74) is -0.622. The average Bonchev–Trinajstić information content (AvgIpc) is 2.45. The molecule has 1 unspecified atom stereocenters. The second-order valence-electron chi connectivity index (χ2n) is 4.76. The maximum absolute atomic E-state index is 12.2. The van der Waals surface area contributed by atoms with Gasteiger partial charge in [-0.2, -0.15) is 0 Å². The smallest absolute Gasteiger partial charge is 0.273 e. The third-order valence-electron chi connectivity index (χ3n) is 3.08. The lowest BCUT2D eigenvalue weighted by Gasteiger charge is -2.13. The molecule has 0 radical (unpaired) electrons. The van der Waals surface area contributed by atoms with Crippen LogP contribution < -0.4 is 16.4 Å². The summed E-state index contributed by atoms with van der Waals surface area (Å²) in [6, 6.07) is 6.65. The molecule has 1 aromatic carbocycles. The van der Waals surface area contributed by atoms with Crippen molar-refractivity contribution < 1.29 is 5.11 Å². The number of fused-ring (bicyclic) bond motifs is 1. The number of rotatable bonds is 6. The number of aromatic nitrogens is 2. The van der Waals surface area contributed by atoms with Gasteiger partial charge in [0.2, 0.25) is 0 Å². The molecule has 0 saturated heterocycles. The van der Waals surface area contributed by atoms with Gasteiger partial charge in [0.05, 0.1) is 23.4 Å². The highest BCUT2D eigenvalue weighted by Crippen LogP contribution is 2.02. The van der Waals surface area contributed by atoms with Gasteiger partial charge in [-0.25, -0.2) is 4.68 Å². The van der Waals surface area contributed by atoms with E-state index in [1.807, 2.05) is 6.92 Å². The summed E-state index contributed by atoms with van der Waals surface area (Å²) in [7, 11) is 0. The van der Waals surface area contributed by atoms with Crippen molar-refractivity contribution >= 4 is 10.8 Å². The first-order valence-electron chi connectivity index (χ1n) is 6.74. The van der Waals surface area contributed by atoms with Crippen LogP contribution in [0.25, 0.3) is 10.8 Å². The molecule has 0 bridgehead atoms. The third-order valence-corrected chi connectivity index (χ3v) is 3.08. The molecule has 1 aromatic heterocycles. The van der Waals surface area contributed by atoms with E-state index in [1.54, 1.807) is 24.3 Å². The Kier molecular flexibility index (Phi) is 4.70. The highest BCUT2D eigenvalue weighted by atomic mass is 16.3. The minimum absolute atomic E-state index is 0.0651. The summed E-state index contributed by atoms with van der Waals surface area (Å²) in [5.74, 6) is 0. The van der Waals surface area contributed by atoms with Crippen LogP contribution in [0.4, 0.5) is 0 Å². The predicted molar refractivity (Wildman–Crippen MR) is 78.0 cm³/mol. The van der Waals surface area contributed by atoms with E-state index in [0.717, 1.165) is 13.0 Å². The van der Waals surface area contributed by atoms with E-state index in [1.165, 1.54) is 4.68 Å². The zero-order valence-electron chi connectivity index (χ0n) is 11.4. The Hall–Kier alpha value is -1.92. The molecule has 1 atom stereocenters. The molecular weight excluding hydrogens is 258 g/mol. The molecule has 1 heterocycles. The predicted octanol–water partition coefficient (Wildman–Crippen LogP) is 0.0503. The maximum Gasteiger partial charge on any atom is 0.273 e. The molecule has 0 aliphatic carbocycles. The molecular formula is C14H19N3O3. The summed E-state index contributed by atoms with van der Waals surface area (Å²) < 4.78 is 1.17. The maximum atomic E-state index is 12.2. The van der Waals surface area contributed by atoms with Crippen molar-refractivity contribution in [3.63, 3.8) is 0 Å². The van der Waals surface area contributed by atoms with Gasteiger partial charge in [-0.3, -0.25) is 14.7 Å². The van der Waals surface area contributed by atoms with Gasteiger partial charge in [0.1, 0.15) is 0 Å². The third kappa shape index (κ3) is 3.15. The zero-order valence-corrected chi connectivity index (χ0v) is 11.4. The summed E-state index contributed by atoms with van der Waals surface area (Å²) in [6.45, 7) is 3.29. The van der Waals surface area contributed by atoms with E-state index in [9.17, 15) is 14.7 Å². The van der Waals surface area contributed by atoms with Crippen LogP contribution in [0.3, 0.4) is 0 Å². The SMILES string of the molecule is CCCNCC(O)Cn1[nH]c(=O)c2ccccc2c1=O. The molecule has 6 heteroatoms. The van der Waals surface area contributed by atoms with E-state index in [-0.39, 0.29) is 17.7 Å². The number of nitrogens with one attached hydrogen (secondary N) is 2. The highest BCUT2D eigenvalue weighted by molar-refractivity contribution is 5.80. The number of benzene rings is 1. The Morgan fingerprint density at radius 1 is 1.30 bits per heavy atom. The Labute approximate surface area is 116 Å². The van der Waals surface area contributed by atoms with E-state index in [2.05, 4.69) is 10.4 Å². The van der Waals surface area contributed by atoms with Gasteiger partial charge in [-0.15, -0.1) is 0 Å². The fraction of sp³-hybridized carbons (Fsp3) is 0.429. The van der Waals surface area contributed by atoms with Crippen LogP contribution in [-0.2, 0) is 6.54 Å². The lowest BCUT2D eigenvalue weighted by Crippen LogP contribution is -2.37. The van der Waals surface area contributed by atoms with Gasteiger partial charge in [0.15, 0.2) is 0 Å². The van der Waals surface area contributed by atoms with Crippen molar-refractivity contribution in [2.45, 2.75) is 26.0 Å². The van der Waals surface area contributed by atoms with E-state index in [0.29, 0.717) is 17.3 Å². The van der Waals surface area contributed by atoms with Crippen molar-refractivity contribution in [2.75, 3.05) is 13.1 Å². The van der Waals surface area contributed by atoms with Gasteiger partial charge < -0.3 is 10.4 Å². The number of H-pyrrole nitrogens is 1. The van der Waals surface area contributed by atoms with Crippen LogP contribution in [0.2, 0.25) is 0 Å². The van der Waals surface area contributed by atoms with Crippen LogP contribution in [-0.4, -0.2) is 34.1 Å². The fourth-order valence-corrected chi connectivity index (χ4v) is 2.10.